The molecule has 0 aromatic heterocycles. The molecule has 20 heteroatoms. The van der Waals surface area contributed by atoms with Crippen LogP contribution in [0.4, 0.5) is 37.7 Å². The van der Waals surface area contributed by atoms with Crippen LogP contribution < -0.4 is 19.3 Å². The number of halogens is 6. The Morgan fingerprint density at radius 1 is 0.634 bits per heavy atom. The van der Waals surface area contributed by atoms with Gasteiger partial charge in [0.1, 0.15) is 11.5 Å². The summed E-state index contributed by atoms with van der Waals surface area (Å²) in [5.41, 5.74) is -6.34. The lowest BCUT2D eigenvalue weighted by molar-refractivity contribution is -0.145. The minimum absolute atomic E-state index is 0.0266. The summed E-state index contributed by atoms with van der Waals surface area (Å²) in [5, 5.41) is 9.37. The third-order valence-corrected chi connectivity index (χ3v) is 13.6. The number of benzene rings is 2. The van der Waals surface area contributed by atoms with Crippen molar-refractivity contribution < 1.29 is 74.4 Å². The predicted molar refractivity (Wildman–Crippen MR) is 251 cm³/mol. The van der Waals surface area contributed by atoms with Crippen molar-refractivity contribution in [1.82, 2.24) is 9.80 Å². The van der Waals surface area contributed by atoms with E-state index >= 15 is 0 Å². The lowest BCUT2D eigenvalue weighted by Gasteiger charge is -2.41. The van der Waals surface area contributed by atoms with Gasteiger partial charge in [-0.15, -0.1) is 0 Å². The number of methoxy groups -OCH3 is 1. The van der Waals surface area contributed by atoms with Crippen LogP contribution in [0.3, 0.4) is 0 Å². The summed E-state index contributed by atoms with van der Waals surface area (Å²) in [6.07, 6.45) is -1.10. The van der Waals surface area contributed by atoms with Crippen LogP contribution in [0.2, 0.25) is 0 Å². The van der Waals surface area contributed by atoms with Crippen molar-refractivity contribution >= 4 is 46.9 Å². The number of alkyl halides is 6. The van der Waals surface area contributed by atoms with Crippen LogP contribution in [0.5, 0.6) is 11.5 Å². The van der Waals surface area contributed by atoms with Crippen LogP contribution in [-0.2, 0) is 36.3 Å². The summed E-state index contributed by atoms with van der Waals surface area (Å²) < 4.78 is 101. The molecule has 4 amide bonds. The van der Waals surface area contributed by atoms with Gasteiger partial charge in [0.15, 0.2) is 11.2 Å². The Balaban J connectivity index is 0.000000264. The molecule has 2 fully saturated rings. The number of carboxylic acid groups (broad SMARTS) is 1. The summed E-state index contributed by atoms with van der Waals surface area (Å²) >= 11 is 0. The standard InChI is InChI=1S/C26H35F3N2O5.C25H33F3N2O5/c1-15(2)31(17-10-8-7-9-11-17)22(32)18-12-20-21(13-19(18)26(27,28)29)36-25(4,5)24(34)30(20)14-16(3)23(33)35-6;1-14(2)30(16-9-7-6-8-10-16)21(31)17-11-19-20(12-18(17)25(26,27)28)35-24(4,5)23(34)29(19)13-15(3)22(32)33/h12-13,15-17H,7-11,14H2,1-6H3;11-12,14-16H,6-10,13H2,1-5H3,(H,32,33)/t16-;15-/m00/s1. The number of esters is 1. The molecule has 394 valence electrons. The van der Waals surface area contributed by atoms with Gasteiger partial charge in [0.25, 0.3) is 23.6 Å². The number of ether oxygens (including phenoxy) is 3. The average molecular weight is 1010 g/mol. The van der Waals surface area contributed by atoms with E-state index < -0.39 is 93.2 Å². The first-order valence-electron chi connectivity index (χ1n) is 24.3. The van der Waals surface area contributed by atoms with Gasteiger partial charge in [-0.05, 0) is 105 Å². The quantitative estimate of drug-likeness (QED) is 0.160. The van der Waals surface area contributed by atoms with Gasteiger partial charge in [0, 0.05) is 37.3 Å². The molecule has 2 heterocycles. The van der Waals surface area contributed by atoms with E-state index in [2.05, 4.69) is 0 Å². The summed E-state index contributed by atoms with van der Waals surface area (Å²) in [5.74, 6) is -6.47. The second-order valence-electron chi connectivity index (χ2n) is 20.6. The average Bonchev–Trinajstić information content (AvgIpc) is 3.28. The maximum absolute atomic E-state index is 14.2. The lowest BCUT2D eigenvalue weighted by atomic mass is 9.92. The smallest absolute Gasteiger partial charge is 0.417 e. The lowest BCUT2D eigenvalue weighted by Crippen LogP contribution is -2.54. The zero-order chi connectivity index (χ0) is 53.3. The molecule has 2 aromatic rings. The van der Waals surface area contributed by atoms with Gasteiger partial charge >= 0.3 is 24.3 Å². The number of anilines is 2. The molecule has 14 nitrogen and oxygen atoms in total. The zero-order valence-corrected chi connectivity index (χ0v) is 42.4. The minimum atomic E-state index is -4.84. The molecule has 2 aromatic carbocycles. The maximum atomic E-state index is 14.2. The number of rotatable bonds is 12. The minimum Gasteiger partial charge on any atom is -0.481 e. The van der Waals surface area contributed by atoms with Gasteiger partial charge in [0.05, 0.1) is 52.6 Å². The van der Waals surface area contributed by atoms with Crippen LogP contribution in [-0.4, -0.2) is 106 Å². The van der Waals surface area contributed by atoms with E-state index in [0.717, 1.165) is 80.5 Å². The summed E-state index contributed by atoms with van der Waals surface area (Å²) in [7, 11) is 1.22. The van der Waals surface area contributed by atoms with E-state index in [-0.39, 0.29) is 60.1 Å². The van der Waals surface area contributed by atoms with E-state index in [0.29, 0.717) is 12.8 Å². The first-order valence-corrected chi connectivity index (χ1v) is 24.3. The summed E-state index contributed by atoms with van der Waals surface area (Å²) in [4.78, 5) is 82.7. The Kier molecular flexibility index (Phi) is 17.2. The van der Waals surface area contributed by atoms with Gasteiger partial charge in [-0.3, -0.25) is 28.8 Å². The van der Waals surface area contributed by atoms with Crippen molar-refractivity contribution in [3.8, 4) is 11.5 Å². The normalized spacial score (nSPS) is 19.1. The molecule has 0 bridgehead atoms. The molecule has 71 heavy (non-hydrogen) atoms. The molecular weight excluding hydrogens is 943 g/mol. The predicted octanol–water partition coefficient (Wildman–Crippen LogP) is 10.3. The van der Waals surface area contributed by atoms with Crippen molar-refractivity contribution in [3.63, 3.8) is 0 Å². The summed E-state index contributed by atoms with van der Waals surface area (Å²) in [6.45, 7) is 15.4. The number of carbonyl (C=O) groups is 6. The Bertz CT molecular complexity index is 2340. The fourth-order valence-corrected chi connectivity index (χ4v) is 9.96. The summed E-state index contributed by atoms with van der Waals surface area (Å²) in [6, 6.07) is 2.72. The molecule has 2 aliphatic carbocycles. The van der Waals surface area contributed by atoms with E-state index in [9.17, 15) is 60.2 Å². The highest BCUT2D eigenvalue weighted by Crippen LogP contribution is 2.47. The van der Waals surface area contributed by atoms with Crippen molar-refractivity contribution in [3.05, 3.63) is 46.5 Å². The van der Waals surface area contributed by atoms with Gasteiger partial charge in [-0.2, -0.15) is 26.3 Å². The molecule has 4 aliphatic rings. The van der Waals surface area contributed by atoms with E-state index in [1.54, 1.807) is 34.6 Å². The first kappa shape index (κ1) is 56.4. The second-order valence-corrected chi connectivity index (χ2v) is 20.6. The fraction of sp³-hybridized carbons (Fsp3) is 0.647. The third kappa shape index (κ3) is 12.4. The van der Waals surface area contributed by atoms with Crippen LogP contribution in [0.25, 0.3) is 0 Å². The van der Waals surface area contributed by atoms with Gasteiger partial charge in [-0.1, -0.05) is 52.4 Å². The van der Waals surface area contributed by atoms with Crippen LogP contribution in [0.15, 0.2) is 24.3 Å². The molecule has 2 atom stereocenters. The zero-order valence-electron chi connectivity index (χ0n) is 42.4. The largest absolute Gasteiger partial charge is 0.481 e. The second kappa shape index (κ2) is 21.7. The first-order chi connectivity index (χ1) is 32.8. The number of nitrogens with zero attached hydrogens (tertiary/aromatic N) is 4. The highest BCUT2D eigenvalue weighted by atomic mass is 19.4. The van der Waals surface area contributed by atoms with Crippen LogP contribution >= 0.6 is 0 Å². The Labute approximate surface area is 411 Å². The van der Waals surface area contributed by atoms with E-state index in [1.165, 1.54) is 56.4 Å². The van der Waals surface area contributed by atoms with Gasteiger partial charge in [0.2, 0.25) is 0 Å². The number of hydrogen-bond acceptors (Lipinski definition) is 9. The number of aliphatic carboxylic acids is 1. The Hall–Kier alpha value is -5.56. The molecule has 0 spiro atoms. The SMILES string of the molecule is CC(C)N(C(=O)c1cc2c(cc1C(F)(F)F)OC(C)(C)C(=O)N2C[C@H](C)C(=O)O)C1CCCCC1.COC(=O)[C@@H](C)CN1C(=O)C(C)(C)Oc2cc(C(F)(F)F)c(C(=O)N(C(C)C)C3CCCCC3)cc21. The molecule has 0 unspecified atom stereocenters. The monoisotopic (exact) mass is 1010 g/mol. The van der Waals surface area contributed by atoms with Crippen molar-refractivity contribution in [2.24, 2.45) is 11.8 Å². The van der Waals surface area contributed by atoms with Gasteiger partial charge in [-0.25, -0.2) is 0 Å². The highest BCUT2D eigenvalue weighted by Gasteiger charge is 2.48. The fourth-order valence-electron chi connectivity index (χ4n) is 9.96. The van der Waals surface area contributed by atoms with E-state index in [1.807, 2.05) is 0 Å². The van der Waals surface area contributed by atoms with Crippen molar-refractivity contribution in [1.29, 1.82) is 0 Å². The molecule has 1 N–H and O–H groups in total. The third-order valence-electron chi connectivity index (χ3n) is 13.6. The van der Waals surface area contributed by atoms with Gasteiger partial charge < -0.3 is 38.9 Å². The molecule has 2 saturated carbocycles. The van der Waals surface area contributed by atoms with Crippen LogP contribution in [0.1, 0.15) is 165 Å². The topological polar surface area (TPSA) is 163 Å². The van der Waals surface area contributed by atoms with Crippen molar-refractivity contribution in [2.45, 2.75) is 181 Å². The van der Waals surface area contributed by atoms with Crippen LogP contribution in [0, 0.1) is 11.8 Å². The number of hydrogen-bond donors (Lipinski definition) is 1. The Morgan fingerprint density at radius 3 is 1.27 bits per heavy atom. The highest BCUT2D eigenvalue weighted by molar-refractivity contribution is 6.06. The van der Waals surface area contributed by atoms with E-state index in [4.69, 9.17) is 14.2 Å². The molecule has 0 radical (unpaired) electrons. The number of carboxylic acids is 1. The number of fused-ring (bicyclic) bond motifs is 2. The number of amides is 4. The van der Waals surface area contributed by atoms with Crippen molar-refractivity contribution in [2.75, 3.05) is 30.0 Å². The molecule has 6 rings (SSSR count). The molecular formula is C51H68F6N4O10. The molecule has 2 aliphatic heterocycles. The Morgan fingerprint density at radius 2 is 0.972 bits per heavy atom. The molecule has 0 saturated heterocycles. The number of carbonyl (C=O) groups excluding carboxylic acids is 5. The maximum Gasteiger partial charge on any atom is 0.417 e.